The van der Waals surface area contributed by atoms with E-state index in [1.54, 1.807) is 38.0 Å². The molecule has 0 spiro atoms. The normalized spacial score (nSPS) is 14.2. The molecule has 35 heavy (non-hydrogen) atoms. The van der Waals surface area contributed by atoms with E-state index in [9.17, 15) is 4.79 Å². The third kappa shape index (κ3) is 4.77. The zero-order valence-corrected chi connectivity index (χ0v) is 20.0. The molecule has 4 heterocycles. The van der Waals surface area contributed by atoms with E-state index >= 15 is 0 Å². The number of likely N-dealkylation sites (tertiary alicyclic amines) is 1. The molecular weight excluding hydrogens is 440 g/mol. The molecular formula is C27H28N6O2. The van der Waals surface area contributed by atoms with Crippen LogP contribution >= 0.6 is 0 Å². The van der Waals surface area contributed by atoms with Crippen molar-refractivity contribution < 1.29 is 9.53 Å². The summed E-state index contributed by atoms with van der Waals surface area (Å²) in [6, 6.07) is 11.6. The molecule has 1 aliphatic rings. The fraction of sp³-hybridized carbons (Fsp3) is 0.296. The number of amides is 1. The largest absolute Gasteiger partial charge is 0.496 e. The Morgan fingerprint density at radius 1 is 1.00 bits per heavy atom. The summed E-state index contributed by atoms with van der Waals surface area (Å²) < 4.78 is 7.41. The molecule has 4 aromatic rings. The van der Waals surface area contributed by atoms with E-state index < -0.39 is 0 Å². The van der Waals surface area contributed by atoms with Gasteiger partial charge in [0.15, 0.2) is 5.82 Å². The van der Waals surface area contributed by atoms with Gasteiger partial charge in [-0.2, -0.15) is 0 Å². The first-order valence-electron chi connectivity index (χ1n) is 11.8. The molecule has 1 aliphatic heterocycles. The molecule has 0 atom stereocenters. The lowest BCUT2D eigenvalue weighted by molar-refractivity contribution is 0.0712. The first-order chi connectivity index (χ1) is 17.1. The van der Waals surface area contributed by atoms with Gasteiger partial charge in [-0.15, -0.1) is 0 Å². The van der Waals surface area contributed by atoms with Crippen molar-refractivity contribution in [2.45, 2.75) is 25.2 Å². The van der Waals surface area contributed by atoms with Gasteiger partial charge in [0, 0.05) is 80.3 Å². The molecule has 0 N–H and O–H groups in total. The SMILES string of the molecule is COc1ccccc1Cc1cc(C(=O)N2CCC(c3nccnc3-c3nccn3C)CC2)ccn1. The lowest BCUT2D eigenvalue weighted by Gasteiger charge is -2.32. The zero-order chi connectivity index (χ0) is 24.2. The average Bonchev–Trinajstić information content (AvgIpc) is 3.34. The highest BCUT2D eigenvalue weighted by atomic mass is 16.5. The van der Waals surface area contributed by atoms with E-state index in [-0.39, 0.29) is 11.8 Å². The summed E-state index contributed by atoms with van der Waals surface area (Å²) in [4.78, 5) is 33.4. The van der Waals surface area contributed by atoms with Gasteiger partial charge in [0.1, 0.15) is 11.4 Å². The lowest BCUT2D eigenvalue weighted by atomic mass is 9.91. The summed E-state index contributed by atoms with van der Waals surface area (Å²) >= 11 is 0. The van der Waals surface area contributed by atoms with E-state index in [1.165, 1.54) is 0 Å². The number of methoxy groups -OCH3 is 1. The summed E-state index contributed by atoms with van der Waals surface area (Å²) in [6.45, 7) is 1.34. The Balaban J connectivity index is 1.28. The standard InChI is InChI=1S/C27H28N6O2/c1-32-16-13-31-26(32)25-24(29-11-12-30-25)19-8-14-33(15-9-19)27(34)21-7-10-28-22(18-21)17-20-5-3-4-6-23(20)35-2/h3-7,10-13,16,18-19H,8-9,14-15,17H2,1-2H3. The van der Waals surface area contributed by atoms with Gasteiger partial charge in [-0.25, -0.2) is 9.97 Å². The van der Waals surface area contributed by atoms with E-state index in [1.807, 2.05) is 53.0 Å². The van der Waals surface area contributed by atoms with Gasteiger partial charge in [-0.05, 0) is 31.0 Å². The van der Waals surface area contributed by atoms with Crippen LogP contribution in [0.25, 0.3) is 11.5 Å². The Bertz CT molecular complexity index is 1330. The molecule has 0 radical (unpaired) electrons. The minimum Gasteiger partial charge on any atom is -0.496 e. The highest BCUT2D eigenvalue weighted by molar-refractivity contribution is 5.94. The van der Waals surface area contributed by atoms with Crippen LogP contribution in [0.3, 0.4) is 0 Å². The quantitative estimate of drug-likeness (QED) is 0.427. The highest BCUT2D eigenvalue weighted by Gasteiger charge is 2.28. The van der Waals surface area contributed by atoms with Gasteiger partial charge in [-0.3, -0.25) is 14.8 Å². The number of hydrogen-bond donors (Lipinski definition) is 0. The van der Waals surface area contributed by atoms with E-state index in [0.717, 1.165) is 47.1 Å². The van der Waals surface area contributed by atoms with Crippen LogP contribution in [-0.4, -0.2) is 55.5 Å². The van der Waals surface area contributed by atoms with Crippen LogP contribution in [-0.2, 0) is 13.5 Å². The second kappa shape index (κ2) is 10.0. The van der Waals surface area contributed by atoms with Crippen LogP contribution < -0.4 is 4.74 Å². The van der Waals surface area contributed by atoms with E-state index in [0.29, 0.717) is 25.1 Å². The second-order valence-electron chi connectivity index (χ2n) is 8.74. The van der Waals surface area contributed by atoms with Crippen molar-refractivity contribution in [2.75, 3.05) is 20.2 Å². The van der Waals surface area contributed by atoms with Crippen molar-refractivity contribution in [3.8, 4) is 17.3 Å². The van der Waals surface area contributed by atoms with Gasteiger partial charge < -0.3 is 14.2 Å². The third-order valence-corrected chi connectivity index (χ3v) is 6.56. The first kappa shape index (κ1) is 22.7. The van der Waals surface area contributed by atoms with Crippen LogP contribution in [0.2, 0.25) is 0 Å². The molecule has 8 heteroatoms. The highest BCUT2D eigenvalue weighted by Crippen LogP contribution is 2.32. The number of aromatic nitrogens is 5. The predicted octanol–water partition coefficient (Wildman–Crippen LogP) is 3.89. The number of imidazole rings is 1. The first-order valence-corrected chi connectivity index (χ1v) is 11.8. The van der Waals surface area contributed by atoms with Crippen molar-refractivity contribution in [2.24, 2.45) is 7.05 Å². The average molecular weight is 469 g/mol. The number of nitrogens with zero attached hydrogens (tertiary/aromatic N) is 6. The maximum absolute atomic E-state index is 13.3. The monoisotopic (exact) mass is 468 g/mol. The van der Waals surface area contributed by atoms with Crippen LogP contribution in [0.4, 0.5) is 0 Å². The summed E-state index contributed by atoms with van der Waals surface area (Å²) in [7, 11) is 3.62. The molecule has 1 fully saturated rings. The van der Waals surface area contributed by atoms with Crippen molar-refractivity contribution in [3.05, 3.63) is 89.9 Å². The molecule has 1 amide bonds. The minimum absolute atomic E-state index is 0.0376. The number of carbonyl (C=O) groups is 1. The third-order valence-electron chi connectivity index (χ3n) is 6.56. The molecule has 5 rings (SSSR count). The van der Waals surface area contributed by atoms with Gasteiger partial charge in [-0.1, -0.05) is 18.2 Å². The Labute approximate surface area is 204 Å². The molecule has 0 bridgehead atoms. The van der Waals surface area contributed by atoms with Crippen LogP contribution in [0.5, 0.6) is 5.75 Å². The molecule has 1 aromatic carbocycles. The maximum Gasteiger partial charge on any atom is 0.253 e. The van der Waals surface area contributed by atoms with Crippen molar-refractivity contribution in [1.29, 1.82) is 0 Å². The molecule has 8 nitrogen and oxygen atoms in total. The number of benzene rings is 1. The Kier molecular flexibility index (Phi) is 6.52. The predicted molar refractivity (Wildman–Crippen MR) is 132 cm³/mol. The molecule has 3 aromatic heterocycles. The lowest BCUT2D eigenvalue weighted by Crippen LogP contribution is -2.38. The second-order valence-corrected chi connectivity index (χ2v) is 8.74. The van der Waals surface area contributed by atoms with Crippen molar-refractivity contribution >= 4 is 5.91 Å². The number of aryl methyl sites for hydroxylation is 1. The van der Waals surface area contributed by atoms with Crippen LogP contribution in [0.1, 0.15) is 46.1 Å². The summed E-state index contributed by atoms with van der Waals surface area (Å²) in [5, 5.41) is 0. The molecule has 0 unspecified atom stereocenters. The van der Waals surface area contributed by atoms with Crippen molar-refractivity contribution in [3.63, 3.8) is 0 Å². The summed E-state index contributed by atoms with van der Waals surface area (Å²) in [6.07, 6.45) is 11.1. The van der Waals surface area contributed by atoms with Gasteiger partial charge >= 0.3 is 0 Å². The topological polar surface area (TPSA) is 86.0 Å². The maximum atomic E-state index is 13.3. The molecule has 178 valence electrons. The van der Waals surface area contributed by atoms with E-state index in [4.69, 9.17) is 4.74 Å². The Morgan fingerprint density at radius 2 is 1.80 bits per heavy atom. The fourth-order valence-electron chi connectivity index (χ4n) is 4.70. The number of pyridine rings is 1. The summed E-state index contributed by atoms with van der Waals surface area (Å²) in [5.74, 6) is 1.90. The molecule has 0 saturated carbocycles. The number of carbonyl (C=O) groups excluding carboxylic acids is 1. The number of rotatable bonds is 6. The van der Waals surface area contributed by atoms with Gasteiger partial charge in [0.05, 0.1) is 12.8 Å². The van der Waals surface area contributed by atoms with Gasteiger partial charge in [0.25, 0.3) is 5.91 Å². The van der Waals surface area contributed by atoms with Crippen molar-refractivity contribution in [1.82, 2.24) is 29.4 Å². The summed E-state index contributed by atoms with van der Waals surface area (Å²) in [5.41, 5.74) is 4.32. The zero-order valence-electron chi connectivity index (χ0n) is 20.0. The molecule has 1 saturated heterocycles. The smallest absolute Gasteiger partial charge is 0.253 e. The Hall–Kier alpha value is -4.07. The van der Waals surface area contributed by atoms with Crippen LogP contribution in [0, 0.1) is 0 Å². The number of piperidine rings is 1. The number of ether oxygens (including phenoxy) is 1. The molecule has 0 aliphatic carbocycles. The van der Waals surface area contributed by atoms with E-state index in [2.05, 4.69) is 19.9 Å². The fourth-order valence-corrected chi connectivity index (χ4v) is 4.70. The minimum atomic E-state index is 0.0376. The Morgan fingerprint density at radius 3 is 2.57 bits per heavy atom. The van der Waals surface area contributed by atoms with Crippen LogP contribution in [0.15, 0.2) is 67.4 Å². The number of para-hydroxylation sites is 1. The number of hydrogen-bond acceptors (Lipinski definition) is 6. The van der Waals surface area contributed by atoms with Gasteiger partial charge in [0.2, 0.25) is 0 Å².